The maximum Gasteiger partial charge on any atom is 0.237 e. The van der Waals surface area contributed by atoms with Gasteiger partial charge in [-0.2, -0.15) is 0 Å². The number of carbonyl (C=O) groups is 1. The van der Waals surface area contributed by atoms with Crippen LogP contribution in [-0.2, 0) is 4.79 Å². The fraction of sp³-hybridized carbons (Fsp3) is 0.818. The summed E-state index contributed by atoms with van der Waals surface area (Å²) in [5.74, 6) is 0.211. The van der Waals surface area contributed by atoms with Gasteiger partial charge in [-0.25, -0.2) is 0 Å². The molecule has 81 valence electrons. The molecular weight excluding hydrogens is 176 g/mol. The van der Waals surface area contributed by atoms with Crippen LogP contribution in [0.15, 0.2) is 0 Å². The van der Waals surface area contributed by atoms with Crippen molar-refractivity contribution in [1.29, 1.82) is 0 Å². The second-order valence-corrected chi connectivity index (χ2v) is 4.43. The van der Waals surface area contributed by atoms with Gasteiger partial charge in [-0.1, -0.05) is 26.7 Å². The van der Waals surface area contributed by atoms with Gasteiger partial charge in [-0.15, -0.1) is 0 Å². The predicted octanol–water partition coefficient (Wildman–Crippen LogP) is 1.23. The zero-order chi connectivity index (χ0) is 10.6. The third-order valence-corrected chi connectivity index (χ3v) is 2.78. The molecule has 0 saturated heterocycles. The van der Waals surface area contributed by atoms with Crippen LogP contribution in [0.3, 0.4) is 0 Å². The second kappa shape index (κ2) is 5.35. The molecule has 1 amide bonds. The van der Waals surface area contributed by atoms with Crippen molar-refractivity contribution in [3.63, 3.8) is 0 Å². The molecule has 0 heterocycles. The van der Waals surface area contributed by atoms with E-state index in [0.717, 1.165) is 12.8 Å². The maximum absolute atomic E-state index is 11.6. The molecule has 1 fully saturated rings. The average molecular weight is 197 g/mol. The molecule has 0 aromatic heterocycles. The lowest BCUT2D eigenvalue weighted by atomic mass is 9.94. The molecule has 1 aliphatic rings. The van der Waals surface area contributed by atoms with Crippen LogP contribution >= 0.6 is 0 Å². The molecule has 1 aliphatic carbocycles. The molecule has 1 radical (unpaired) electrons. The van der Waals surface area contributed by atoms with Gasteiger partial charge in [-0.3, -0.25) is 4.79 Å². The summed E-state index contributed by atoms with van der Waals surface area (Å²) in [6, 6.07) is -0.0435. The predicted molar refractivity (Wildman–Crippen MR) is 57.5 cm³/mol. The van der Waals surface area contributed by atoms with Crippen LogP contribution in [0, 0.1) is 12.3 Å². The molecule has 0 aromatic carbocycles. The number of nitrogens with two attached hydrogens (primary N) is 1. The number of carbonyl (C=O) groups excluding carboxylic acids is 1. The molecule has 1 saturated carbocycles. The van der Waals surface area contributed by atoms with Gasteiger partial charge in [0, 0.05) is 6.04 Å². The molecule has 0 aliphatic heterocycles. The fourth-order valence-corrected chi connectivity index (χ4v) is 1.68. The Morgan fingerprint density at radius 1 is 1.57 bits per heavy atom. The van der Waals surface area contributed by atoms with E-state index in [-0.39, 0.29) is 17.9 Å². The van der Waals surface area contributed by atoms with Gasteiger partial charge in [0.1, 0.15) is 0 Å². The lowest BCUT2D eigenvalue weighted by molar-refractivity contribution is -0.124. The smallest absolute Gasteiger partial charge is 0.237 e. The van der Waals surface area contributed by atoms with Crippen LogP contribution < -0.4 is 11.1 Å². The molecule has 14 heavy (non-hydrogen) atoms. The number of rotatable bonds is 3. The van der Waals surface area contributed by atoms with Crippen LogP contribution in [0.4, 0.5) is 0 Å². The first-order chi connectivity index (χ1) is 6.61. The highest BCUT2D eigenvalue weighted by Gasteiger charge is 2.21. The van der Waals surface area contributed by atoms with Crippen molar-refractivity contribution in [2.75, 3.05) is 0 Å². The van der Waals surface area contributed by atoms with E-state index in [9.17, 15) is 4.79 Å². The van der Waals surface area contributed by atoms with E-state index < -0.39 is 0 Å². The van der Waals surface area contributed by atoms with E-state index in [4.69, 9.17) is 5.73 Å². The molecule has 2 atom stereocenters. The summed E-state index contributed by atoms with van der Waals surface area (Å²) >= 11 is 0. The highest BCUT2D eigenvalue weighted by molar-refractivity contribution is 5.82. The van der Waals surface area contributed by atoms with E-state index in [0.29, 0.717) is 6.04 Å². The average Bonchev–Trinajstić information content (AvgIpc) is 2.18. The Morgan fingerprint density at radius 3 is 2.79 bits per heavy atom. The quantitative estimate of drug-likeness (QED) is 0.715. The van der Waals surface area contributed by atoms with E-state index in [1.807, 2.05) is 13.8 Å². The third-order valence-electron chi connectivity index (χ3n) is 2.78. The zero-order valence-electron chi connectivity index (χ0n) is 9.12. The topological polar surface area (TPSA) is 55.1 Å². The molecular formula is C11H21N2O. The van der Waals surface area contributed by atoms with Crippen LogP contribution in [-0.4, -0.2) is 18.0 Å². The van der Waals surface area contributed by atoms with Gasteiger partial charge in [0.05, 0.1) is 6.04 Å². The van der Waals surface area contributed by atoms with Gasteiger partial charge in [-0.05, 0) is 25.2 Å². The van der Waals surface area contributed by atoms with Gasteiger partial charge in [0.15, 0.2) is 0 Å². The Morgan fingerprint density at radius 2 is 2.29 bits per heavy atom. The van der Waals surface area contributed by atoms with E-state index in [1.165, 1.54) is 12.8 Å². The molecule has 1 unspecified atom stereocenters. The van der Waals surface area contributed by atoms with E-state index in [1.54, 1.807) is 0 Å². The molecule has 3 N–H and O–H groups in total. The zero-order valence-corrected chi connectivity index (χ0v) is 9.12. The van der Waals surface area contributed by atoms with E-state index in [2.05, 4.69) is 11.7 Å². The fourth-order valence-electron chi connectivity index (χ4n) is 1.68. The monoisotopic (exact) mass is 197 g/mol. The molecule has 3 nitrogen and oxygen atoms in total. The van der Waals surface area contributed by atoms with Crippen molar-refractivity contribution in [1.82, 2.24) is 5.32 Å². The first-order valence-corrected chi connectivity index (χ1v) is 5.49. The van der Waals surface area contributed by atoms with Crippen LogP contribution in [0.5, 0.6) is 0 Å². The van der Waals surface area contributed by atoms with Crippen LogP contribution in [0.1, 0.15) is 39.5 Å². The van der Waals surface area contributed by atoms with Gasteiger partial charge in [0.2, 0.25) is 5.91 Å². The van der Waals surface area contributed by atoms with Crippen molar-refractivity contribution in [3.05, 3.63) is 6.42 Å². The summed E-state index contributed by atoms with van der Waals surface area (Å²) in [4.78, 5) is 11.6. The summed E-state index contributed by atoms with van der Waals surface area (Å²) in [6.07, 6.45) is 6.70. The van der Waals surface area contributed by atoms with Crippen molar-refractivity contribution < 1.29 is 4.79 Å². The summed E-state index contributed by atoms with van der Waals surface area (Å²) in [5, 5.41) is 3.00. The highest BCUT2D eigenvalue weighted by atomic mass is 16.2. The second-order valence-electron chi connectivity index (χ2n) is 4.43. The van der Waals surface area contributed by atoms with Gasteiger partial charge in [0.25, 0.3) is 0 Å². The molecule has 3 heteroatoms. The first-order valence-electron chi connectivity index (χ1n) is 5.49. The Balaban J connectivity index is 2.31. The molecule has 0 aromatic rings. The van der Waals surface area contributed by atoms with E-state index >= 15 is 0 Å². The largest absolute Gasteiger partial charge is 0.352 e. The van der Waals surface area contributed by atoms with Crippen LogP contribution in [0.25, 0.3) is 0 Å². The van der Waals surface area contributed by atoms with Crippen LogP contribution in [0.2, 0.25) is 0 Å². The minimum absolute atomic E-state index is 0.000278. The van der Waals surface area contributed by atoms with Crippen molar-refractivity contribution >= 4 is 5.91 Å². The number of hydrogen-bond acceptors (Lipinski definition) is 2. The Bertz CT molecular complexity index is 186. The molecule has 1 rings (SSSR count). The Kier molecular flexibility index (Phi) is 4.39. The van der Waals surface area contributed by atoms with Crippen molar-refractivity contribution in [2.24, 2.45) is 11.7 Å². The standard InChI is InChI=1S/C11H21N2O/c1-8(2)10(12)11(14)13-9-6-4-3-5-7-9/h4,8-10H,3,5-7,12H2,1-2H3,(H,13,14)/t9?,10-/m0/s1. The summed E-state index contributed by atoms with van der Waals surface area (Å²) in [7, 11) is 0. The van der Waals surface area contributed by atoms with Gasteiger partial charge < -0.3 is 11.1 Å². The Hall–Kier alpha value is -0.570. The number of nitrogens with one attached hydrogen (secondary N) is 1. The van der Waals surface area contributed by atoms with Gasteiger partial charge >= 0.3 is 0 Å². The minimum atomic E-state index is -0.364. The lowest BCUT2D eigenvalue weighted by Crippen LogP contribution is -2.48. The van der Waals surface area contributed by atoms with Crippen molar-refractivity contribution in [3.8, 4) is 0 Å². The number of amides is 1. The minimum Gasteiger partial charge on any atom is -0.352 e. The third kappa shape index (κ3) is 3.29. The highest BCUT2D eigenvalue weighted by Crippen LogP contribution is 2.16. The number of hydrogen-bond donors (Lipinski definition) is 2. The SMILES string of the molecule is CC(C)[C@H](N)C(=O)NC1C[CH]CCC1. The summed E-state index contributed by atoms with van der Waals surface area (Å²) in [6.45, 7) is 3.94. The molecule has 0 bridgehead atoms. The summed E-state index contributed by atoms with van der Waals surface area (Å²) < 4.78 is 0. The maximum atomic E-state index is 11.6. The lowest BCUT2D eigenvalue weighted by Gasteiger charge is -2.25. The Labute approximate surface area is 86.4 Å². The first kappa shape index (κ1) is 11.5. The van der Waals surface area contributed by atoms with Crippen molar-refractivity contribution in [2.45, 2.75) is 51.6 Å². The summed E-state index contributed by atoms with van der Waals surface area (Å²) in [5.41, 5.74) is 5.75. The normalized spacial score (nSPS) is 20.9. The molecule has 0 spiro atoms.